The third-order valence-corrected chi connectivity index (χ3v) is 3.85. The van der Waals surface area contributed by atoms with Gasteiger partial charge in [-0.25, -0.2) is 0 Å². The molecule has 2 rings (SSSR count). The van der Waals surface area contributed by atoms with Gasteiger partial charge in [0.15, 0.2) is 0 Å². The summed E-state index contributed by atoms with van der Waals surface area (Å²) in [6.07, 6.45) is 2.88. The van der Waals surface area contributed by atoms with Crippen LogP contribution in [0.4, 0.5) is 0 Å². The van der Waals surface area contributed by atoms with E-state index in [9.17, 15) is 4.79 Å². The van der Waals surface area contributed by atoms with Crippen LogP contribution in [-0.2, 0) is 24.7 Å². The van der Waals surface area contributed by atoms with Crippen LogP contribution in [0.1, 0.15) is 35.4 Å². The molecule has 0 atom stereocenters. The quantitative estimate of drug-likeness (QED) is 0.808. The van der Waals surface area contributed by atoms with Crippen LogP contribution in [-0.4, -0.2) is 15.6 Å². The van der Waals surface area contributed by atoms with Crippen LogP contribution in [0, 0.1) is 13.8 Å². The van der Waals surface area contributed by atoms with Crippen molar-refractivity contribution in [1.29, 1.82) is 0 Å². The molecule has 0 radical (unpaired) electrons. The minimum Gasteiger partial charge on any atom is -0.300 e. The Labute approximate surface area is 120 Å². The number of benzene rings is 1. The summed E-state index contributed by atoms with van der Waals surface area (Å²) in [6.45, 7) is 4.07. The van der Waals surface area contributed by atoms with E-state index in [-0.39, 0.29) is 0 Å². The molecule has 0 aliphatic rings. The van der Waals surface area contributed by atoms with E-state index < -0.39 is 0 Å². The lowest BCUT2D eigenvalue weighted by Crippen LogP contribution is -2.03. The number of aryl methyl sites for hydroxylation is 3. The molecule has 1 heterocycles. The molecule has 0 spiro atoms. The maximum Gasteiger partial charge on any atom is 0.133 e. The minimum atomic E-state index is 0.330. The van der Waals surface area contributed by atoms with Gasteiger partial charge in [-0.2, -0.15) is 5.10 Å². The highest BCUT2D eigenvalue weighted by molar-refractivity contribution is 5.78. The molecule has 0 amide bonds. The lowest BCUT2D eigenvalue weighted by molar-refractivity contribution is -0.119. The van der Waals surface area contributed by atoms with Gasteiger partial charge in [0.05, 0.1) is 5.69 Å². The van der Waals surface area contributed by atoms with Crippen LogP contribution in [0.2, 0.25) is 0 Å². The summed E-state index contributed by atoms with van der Waals surface area (Å²) >= 11 is 0. The molecule has 20 heavy (non-hydrogen) atoms. The topological polar surface area (TPSA) is 34.9 Å². The number of Topliss-reactive ketones (excluding diaryl/α,β-unsaturated/α-hetero) is 1. The summed E-state index contributed by atoms with van der Waals surface area (Å²) in [5.41, 5.74) is 4.66. The van der Waals surface area contributed by atoms with E-state index in [4.69, 9.17) is 0 Å². The normalized spacial score (nSPS) is 10.8. The standard InChI is InChI=1S/C17H22N2O/c1-13-17(14(2)19(3)18-13)12-11-16(20)10-9-15-7-5-4-6-8-15/h4-8H,9-12H2,1-3H3. The van der Waals surface area contributed by atoms with Crippen LogP contribution in [0.25, 0.3) is 0 Å². The van der Waals surface area contributed by atoms with Gasteiger partial charge in [-0.05, 0) is 37.8 Å². The summed E-state index contributed by atoms with van der Waals surface area (Å²) < 4.78 is 1.89. The Kier molecular flexibility index (Phi) is 4.72. The molecule has 0 bridgehead atoms. The molecule has 0 unspecified atom stereocenters. The minimum absolute atomic E-state index is 0.330. The maximum atomic E-state index is 12.0. The first kappa shape index (κ1) is 14.5. The summed E-state index contributed by atoms with van der Waals surface area (Å²) in [6, 6.07) is 10.2. The number of ketones is 1. The molecule has 1 aromatic carbocycles. The van der Waals surface area contributed by atoms with Crippen molar-refractivity contribution in [3.05, 3.63) is 52.8 Å². The first-order chi connectivity index (χ1) is 9.58. The monoisotopic (exact) mass is 270 g/mol. The number of carbonyl (C=O) groups excluding carboxylic acids is 1. The Bertz CT molecular complexity index is 585. The van der Waals surface area contributed by atoms with Crippen molar-refractivity contribution >= 4 is 5.78 Å². The maximum absolute atomic E-state index is 12.0. The smallest absolute Gasteiger partial charge is 0.133 e. The van der Waals surface area contributed by atoms with Crippen LogP contribution in [0.5, 0.6) is 0 Å². The lowest BCUT2D eigenvalue weighted by Gasteiger charge is -2.03. The molecule has 3 heteroatoms. The van der Waals surface area contributed by atoms with Crippen molar-refractivity contribution in [2.24, 2.45) is 7.05 Å². The van der Waals surface area contributed by atoms with Crippen molar-refractivity contribution in [3.8, 4) is 0 Å². The molecule has 0 aliphatic heterocycles. The van der Waals surface area contributed by atoms with Crippen molar-refractivity contribution < 1.29 is 4.79 Å². The zero-order valence-corrected chi connectivity index (χ0v) is 12.5. The third-order valence-electron chi connectivity index (χ3n) is 3.85. The van der Waals surface area contributed by atoms with E-state index in [0.29, 0.717) is 18.6 Å². The summed E-state index contributed by atoms with van der Waals surface area (Å²) in [4.78, 5) is 12.0. The van der Waals surface area contributed by atoms with E-state index in [0.717, 1.165) is 18.5 Å². The molecular formula is C17H22N2O. The van der Waals surface area contributed by atoms with E-state index >= 15 is 0 Å². The Morgan fingerprint density at radius 3 is 2.35 bits per heavy atom. The fraction of sp³-hybridized carbons (Fsp3) is 0.412. The van der Waals surface area contributed by atoms with Gasteiger partial charge in [0.25, 0.3) is 0 Å². The first-order valence-electron chi connectivity index (χ1n) is 7.12. The number of hydrogen-bond donors (Lipinski definition) is 0. The predicted octanol–water partition coefficient (Wildman–Crippen LogP) is 3.17. The SMILES string of the molecule is Cc1nn(C)c(C)c1CCC(=O)CCc1ccccc1. The predicted molar refractivity (Wildman–Crippen MR) is 80.8 cm³/mol. The molecule has 106 valence electrons. The second kappa shape index (κ2) is 6.51. The highest BCUT2D eigenvalue weighted by Gasteiger charge is 2.11. The van der Waals surface area contributed by atoms with Crippen LogP contribution < -0.4 is 0 Å². The largest absolute Gasteiger partial charge is 0.300 e. The zero-order valence-electron chi connectivity index (χ0n) is 12.5. The van der Waals surface area contributed by atoms with Gasteiger partial charge in [0.1, 0.15) is 5.78 Å². The van der Waals surface area contributed by atoms with Crippen molar-refractivity contribution in [3.63, 3.8) is 0 Å². The Morgan fingerprint density at radius 2 is 1.75 bits per heavy atom. The molecule has 2 aromatic rings. The fourth-order valence-electron chi connectivity index (χ4n) is 2.50. The molecule has 0 fully saturated rings. The van der Waals surface area contributed by atoms with Crippen molar-refractivity contribution in [1.82, 2.24) is 9.78 Å². The summed E-state index contributed by atoms with van der Waals surface area (Å²) in [7, 11) is 1.95. The van der Waals surface area contributed by atoms with E-state index in [1.807, 2.05) is 36.9 Å². The van der Waals surface area contributed by atoms with Gasteiger partial charge < -0.3 is 0 Å². The Morgan fingerprint density at radius 1 is 1.10 bits per heavy atom. The molecule has 0 N–H and O–H groups in total. The van der Waals surface area contributed by atoms with E-state index in [2.05, 4.69) is 24.2 Å². The molecular weight excluding hydrogens is 248 g/mol. The number of rotatable bonds is 6. The molecule has 0 saturated heterocycles. The average Bonchev–Trinajstić information content (AvgIpc) is 2.69. The second-order valence-corrected chi connectivity index (χ2v) is 5.30. The number of hydrogen-bond acceptors (Lipinski definition) is 2. The second-order valence-electron chi connectivity index (χ2n) is 5.30. The van der Waals surface area contributed by atoms with Gasteiger partial charge in [-0.1, -0.05) is 30.3 Å². The van der Waals surface area contributed by atoms with Crippen molar-refractivity contribution in [2.45, 2.75) is 39.5 Å². The van der Waals surface area contributed by atoms with Crippen LogP contribution in [0.3, 0.4) is 0 Å². The van der Waals surface area contributed by atoms with Gasteiger partial charge in [-0.3, -0.25) is 9.48 Å². The molecule has 0 aliphatic carbocycles. The van der Waals surface area contributed by atoms with Gasteiger partial charge in [0, 0.05) is 25.6 Å². The Hall–Kier alpha value is -1.90. The zero-order chi connectivity index (χ0) is 14.5. The van der Waals surface area contributed by atoms with Crippen LogP contribution in [0.15, 0.2) is 30.3 Å². The highest BCUT2D eigenvalue weighted by Crippen LogP contribution is 2.15. The van der Waals surface area contributed by atoms with E-state index in [1.54, 1.807) is 0 Å². The molecule has 0 saturated carbocycles. The average molecular weight is 270 g/mol. The third kappa shape index (κ3) is 3.56. The summed E-state index contributed by atoms with van der Waals surface area (Å²) in [5, 5.41) is 4.39. The number of carbonyl (C=O) groups is 1. The van der Waals surface area contributed by atoms with Crippen molar-refractivity contribution in [2.75, 3.05) is 0 Å². The first-order valence-corrected chi connectivity index (χ1v) is 7.12. The number of aromatic nitrogens is 2. The Balaban J connectivity index is 1.83. The number of nitrogens with zero attached hydrogens (tertiary/aromatic N) is 2. The highest BCUT2D eigenvalue weighted by atomic mass is 16.1. The summed E-state index contributed by atoms with van der Waals surface area (Å²) in [5.74, 6) is 0.330. The van der Waals surface area contributed by atoms with Crippen LogP contribution >= 0.6 is 0 Å². The van der Waals surface area contributed by atoms with Gasteiger partial charge in [-0.15, -0.1) is 0 Å². The molecule has 3 nitrogen and oxygen atoms in total. The van der Waals surface area contributed by atoms with E-state index in [1.165, 1.54) is 16.8 Å². The van der Waals surface area contributed by atoms with Gasteiger partial charge in [0.2, 0.25) is 0 Å². The molecule has 1 aromatic heterocycles. The van der Waals surface area contributed by atoms with Gasteiger partial charge >= 0.3 is 0 Å². The fourth-order valence-corrected chi connectivity index (χ4v) is 2.50. The lowest BCUT2D eigenvalue weighted by atomic mass is 10.0.